The predicted octanol–water partition coefficient (Wildman–Crippen LogP) is 6.12. The van der Waals surface area contributed by atoms with Gasteiger partial charge in [0.1, 0.15) is 0 Å². The maximum Gasteiger partial charge on any atom is 0.421 e. The highest BCUT2D eigenvalue weighted by molar-refractivity contribution is 6.31. The van der Waals surface area contributed by atoms with Gasteiger partial charge in [0.05, 0.1) is 11.5 Å². The molecule has 2 aliphatic rings. The molecule has 0 spiro atoms. The summed E-state index contributed by atoms with van der Waals surface area (Å²) in [6.07, 6.45) is -0.628. The van der Waals surface area contributed by atoms with Crippen molar-refractivity contribution in [1.29, 1.82) is 5.26 Å². The van der Waals surface area contributed by atoms with Gasteiger partial charge in [-0.05, 0) is 74.8 Å². The molecule has 0 unspecified atom stereocenters. The Kier molecular flexibility index (Phi) is 6.43. The Balaban J connectivity index is 1.52. The van der Waals surface area contributed by atoms with Crippen molar-refractivity contribution in [2.24, 2.45) is 0 Å². The molecule has 1 amide bonds. The van der Waals surface area contributed by atoms with Crippen molar-refractivity contribution < 1.29 is 23.1 Å². The smallest absolute Gasteiger partial charge is 0.376 e. The largest absolute Gasteiger partial charge is 0.421 e. The van der Waals surface area contributed by atoms with Crippen LogP contribution in [0.4, 0.5) is 13.2 Å². The van der Waals surface area contributed by atoms with Crippen molar-refractivity contribution in [3.8, 4) is 6.07 Å². The third-order valence-electron chi connectivity index (χ3n) is 7.23. The molecule has 0 aliphatic heterocycles. The van der Waals surface area contributed by atoms with Gasteiger partial charge in [0.15, 0.2) is 5.60 Å². The summed E-state index contributed by atoms with van der Waals surface area (Å²) >= 11 is 6.38. The van der Waals surface area contributed by atoms with Crippen LogP contribution in [0.3, 0.4) is 0 Å². The van der Waals surface area contributed by atoms with Gasteiger partial charge < -0.3 is 10.0 Å². The molecule has 1 atom stereocenters. The summed E-state index contributed by atoms with van der Waals surface area (Å²) in [6.45, 7) is 0.697. The van der Waals surface area contributed by atoms with E-state index in [2.05, 4.69) is 6.07 Å². The summed E-state index contributed by atoms with van der Waals surface area (Å²) in [7, 11) is 0. The van der Waals surface area contributed by atoms with E-state index in [1.54, 1.807) is 6.07 Å². The molecule has 2 aliphatic carbocycles. The number of aliphatic hydroxyl groups is 1. The summed E-state index contributed by atoms with van der Waals surface area (Å²) < 4.78 is 39.4. The summed E-state index contributed by atoms with van der Waals surface area (Å²) in [4.78, 5) is 15.2. The van der Waals surface area contributed by atoms with Crippen LogP contribution in [0.15, 0.2) is 48.5 Å². The molecule has 34 heavy (non-hydrogen) atoms. The first-order chi connectivity index (χ1) is 16.0. The van der Waals surface area contributed by atoms with Gasteiger partial charge in [0, 0.05) is 22.7 Å². The van der Waals surface area contributed by atoms with Crippen LogP contribution in [0, 0.1) is 11.3 Å². The number of halogens is 4. The minimum atomic E-state index is -4.82. The summed E-state index contributed by atoms with van der Waals surface area (Å²) in [5.41, 5.74) is -2.90. The number of carbonyl (C=O) groups is 1. The molecule has 2 aromatic rings. The molecular weight excluding hydrogens is 465 g/mol. The second kappa shape index (κ2) is 8.90. The van der Waals surface area contributed by atoms with E-state index in [0.29, 0.717) is 37.6 Å². The fourth-order valence-electron chi connectivity index (χ4n) is 4.90. The van der Waals surface area contributed by atoms with Crippen LogP contribution in [-0.4, -0.2) is 34.2 Å². The van der Waals surface area contributed by atoms with Crippen LogP contribution in [0.5, 0.6) is 0 Å². The first kappa shape index (κ1) is 24.6. The second-order valence-corrected chi connectivity index (χ2v) is 9.90. The number of nitriles is 1. The lowest BCUT2D eigenvalue weighted by Crippen LogP contribution is -2.46. The molecule has 0 radical (unpaired) electrons. The van der Waals surface area contributed by atoms with Crippen molar-refractivity contribution in [1.82, 2.24) is 4.90 Å². The molecule has 0 bridgehead atoms. The average Bonchev–Trinajstić information content (AvgIpc) is 3.64. The van der Waals surface area contributed by atoms with E-state index in [4.69, 9.17) is 11.6 Å². The van der Waals surface area contributed by atoms with Gasteiger partial charge in [-0.3, -0.25) is 4.79 Å². The zero-order valence-electron chi connectivity index (χ0n) is 18.8. The number of alkyl halides is 3. The van der Waals surface area contributed by atoms with E-state index in [0.717, 1.165) is 30.5 Å². The lowest BCUT2D eigenvalue weighted by Gasteiger charge is -2.41. The zero-order chi connectivity index (χ0) is 24.7. The number of hydrogen-bond acceptors (Lipinski definition) is 3. The highest BCUT2D eigenvalue weighted by Crippen LogP contribution is 2.45. The van der Waals surface area contributed by atoms with Crippen LogP contribution in [0.1, 0.15) is 66.9 Å². The standard InChI is InChI=1S/C26H26ClF3N2O2/c1-24(34,26(28,29)30)18-8-6-17(7-9-18)23(33)32(19-10-11-19)20-12-14-25(16-31,15-13-20)21-4-2-3-5-22(21)27/h2-9,19-20,34H,10-15H2,1H3/t20?,24-,25?/m0/s1. The molecule has 0 heterocycles. The molecule has 1 N–H and O–H groups in total. The van der Waals surface area contributed by atoms with E-state index in [1.165, 1.54) is 12.1 Å². The fourth-order valence-corrected chi connectivity index (χ4v) is 5.21. The third-order valence-corrected chi connectivity index (χ3v) is 7.56. The highest BCUT2D eigenvalue weighted by atomic mass is 35.5. The predicted molar refractivity (Wildman–Crippen MR) is 122 cm³/mol. The van der Waals surface area contributed by atoms with Crippen LogP contribution in [0.25, 0.3) is 0 Å². The summed E-state index contributed by atoms with van der Waals surface area (Å²) in [5, 5.41) is 20.5. The lowest BCUT2D eigenvalue weighted by atomic mass is 9.69. The van der Waals surface area contributed by atoms with Crippen molar-refractivity contribution in [2.45, 2.75) is 74.7 Å². The second-order valence-electron chi connectivity index (χ2n) is 9.50. The van der Waals surface area contributed by atoms with Crippen LogP contribution in [-0.2, 0) is 11.0 Å². The molecular formula is C26H26ClF3N2O2. The highest BCUT2D eigenvalue weighted by Gasteiger charge is 2.51. The van der Waals surface area contributed by atoms with Crippen molar-refractivity contribution in [3.05, 3.63) is 70.2 Å². The number of nitrogens with zero attached hydrogens (tertiary/aromatic N) is 2. The van der Waals surface area contributed by atoms with Crippen molar-refractivity contribution in [2.75, 3.05) is 0 Å². The maximum absolute atomic E-state index is 13.4. The van der Waals surface area contributed by atoms with Crippen molar-refractivity contribution in [3.63, 3.8) is 0 Å². The molecule has 4 nitrogen and oxygen atoms in total. The molecule has 2 fully saturated rings. The fraction of sp³-hybridized carbons (Fsp3) is 0.462. The first-order valence-electron chi connectivity index (χ1n) is 11.4. The van der Waals surface area contributed by atoms with Crippen LogP contribution >= 0.6 is 11.6 Å². The van der Waals surface area contributed by atoms with Gasteiger partial charge in [0.2, 0.25) is 0 Å². The molecule has 2 saturated carbocycles. The van der Waals surface area contributed by atoms with E-state index in [9.17, 15) is 28.3 Å². The number of hydrogen-bond donors (Lipinski definition) is 1. The molecule has 0 saturated heterocycles. The maximum atomic E-state index is 13.4. The Hall–Kier alpha value is -2.56. The van der Waals surface area contributed by atoms with Gasteiger partial charge in [-0.2, -0.15) is 18.4 Å². The minimum absolute atomic E-state index is 0.0538. The number of carbonyl (C=O) groups excluding carboxylic acids is 1. The molecule has 4 rings (SSSR count). The number of rotatable bonds is 5. The SMILES string of the molecule is C[C@](O)(c1ccc(C(=O)N(C2CC2)C2CCC(C#N)(c3ccccc3Cl)CC2)cc1)C(F)(F)F. The molecule has 8 heteroatoms. The topological polar surface area (TPSA) is 64.3 Å². The van der Waals surface area contributed by atoms with Crippen LogP contribution < -0.4 is 0 Å². The van der Waals surface area contributed by atoms with E-state index in [1.807, 2.05) is 23.1 Å². The van der Waals surface area contributed by atoms with Gasteiger partial charge in [-0.15, -0.1) is 0 Å². The Bertz CT molecular complexity index is 1100. The first-order valence-corrected chi connectivity index (χ1v) is 11.8. The van der Waals surface area contributed by atoms with Crippen LogP contribution in [0.2, 0.25) is 5.02 Å². The monoisotopic (exact) mass is 490 g/mol. The lowest BCUT2D eigenvalue weighted by molar-refractivity contribution is -0.258. The Morgan fingerprint density at radius 2 is 1.62 bits per heavy atom. The zero-order valence-corrected chi connectivity index (χ0v) is 19.5. The van der Waals surface area contributed by atoms with Gasteiger partial charge in [-0.25, -0.2) is 0 Å². The minimum Gasteiger partial charge on any atom is -0.376 e. The molecule has 180 valence electrons. The number of benzene rings is 2. The van der Waals surface area contributed by atoms with E-state index in [-0.39, 0.29) is 29.1 Å². The quantitative estimate of drug-likeness (QED) is 0.549. The van der Waals surface area contributed by atoms with Gasteiger partial charge in [-0.1, -0.05) is 41.9 Å². The third kappa shape index (κ3) is 4.42. The Morgan fingerprint density at radius 3 is 2.12 bits per heavy atom. The van der Waals surface area contributed by atoms with Gasteiger partial charge in [0.25, 0.3) is 5.91 Å². The Labute approximate surface area is 201 Å². The number of amides is 1. The molecule has 0 aromatic heterocycles. The Morgan fingerprint density at radius 1 is 1.06 bits per heavy atom. The van der Waals surface area contributed by atoms with E-state index >= 15 is 0 Å². The van der Waals surface area contributed by atoms with E-state index < -0.39 is 17.2 Å². The average molecular weight is 491 g/mol. The summed E-state index contributed by atoms with van der Waals surface area (Å²) in [6, 6.07) is 14.9. The normalized spacial score (nSPS) is 24.7. The molecule has 2 aromatic carbocycles. The van der Waals surface area contributed by atoms with Gasteiger partial charge >= 0.3 is 6.18 Å². The summed E-state index contributed by atoms with van der Waals surface area (Å²) in [5.74, 6) is -0.229. The van der Waals surface area contributed by atoms with Crippen molar-refractivity contribution >= 4 is 17.5 Å².